The van der Waals surface area contributed by atoms with Crippen LogP contribution in [-0.2, 0) is 10.9 Å². The Morgan fingerprint density at radius 2 is 1.74 bits per heavy atom. The van der Waals surface area contributed by atoms with Crippen LogP contribution in [0.2, 0.25) is 0 Å². The number of nitrogens with one attached hydrogen (secondary N) is 1. The van der Waals surface area contributed by atoms with Gasteiger partial charge in [0.05, 0.1) is 24.3 Å². The van der Waals surface area contributed by atoms with Crippen LogP contribution in [0.1, 0.15) is 37.9 Å². The van der Waals surface area contributed by atoms with E-state index in [9.17, 15) is 13.2 Å². The van der Waals surface area contributed by atoms with E-state index in [1.165, 1.54) is 12.1 Å². The lowest BCUT2D eigenvalue weighted by molar-refractivity contribution is -0.137. The molecule has 5 heteroatoms. The molecular weight excluding hydrogens is 255 g/mol. The highest BCUT2D eigenvalue weighted by molar-refractivity contribution is 5.26. The summed E-state index contributed by atoms with van der Waals surface area (Å²) in [5.74, 6) is 0. The van der Waals surface area contributed by atoms with Gasteiger partial charge in [-0.15, -0.1) is 0 Å². The summed E-state index contributed by atoms with van der Waals surface area (Å²) in [6.07, 6.45) is -4.20. The SMILES string of the molecule is CCNC(COC(C)C)c1ccc(C(F)(F)F)cc1. The maximum Gasteiger partial charge on any atom is 0.416 e. The van der Waals surface area contributed by atoms with Gasteiger partial charge in [0, 0.05) is 0 Å². The predicted octanol–water partition coefficient (Wildman–Crippen LogP) is 3.78. The van der Waals surface area contributed by atoms with E-state index in [4.69, 9.17) is 4.74 Å². The van der Waals surface area contributed by atoms with Crippen LogP contribution < -0.4 is 5.32 Å². The Morgan fingerprint density at radius 1 is 1.16 bits per heavy atom. The number of rotatable bonds is 6. The second-order valence-electron chi connectivity index (χ2n) is 4.61. The van der Waals surface area contributed by atoms with Crippen LogP contribution in [0.25, 0.3) is 0 Å². The first kappa shape index (κ1) is 16.0. The van der Waals surface area contributed by atoms with Gasteiger partial charge in [0.15, 0.2) is 0 Å². The van der Waals surface area contributed by atoms with Gasteiger partial charge in [0.1, 0.15) is 0 Å². The molecule has 19 heavy (non-hydrogen) atoms. The summed E-state index contributed by atoms with van der Waals surface area (Å²) < 4.78 is 43.0. The van der Waals surface area contributed by atoms with Crippen LogP contribution >= 0.6 is 0 Å². The van der Waals surface area contributed by atoms with E-state index in [0.29, 0.717) is 6.61 Å². The second kappa shape index (κ2) is 6.91. The topological polar surface area (TPSA) is 21.3 Å². The average Bonchev–Trinajstić information content (AvgIpc) is 2.33. The highest BCUT2D eigenvalue weighted by Crippen LogP contribution is 2.30. The highest BCUT2D eigenvalue weighted by Gasteiger charge is 2.30. The summed E-state index contributed by atoms with van der Waals surface area (Å²) in [5, 5.41) is 3.21. The van der Waals surface area contributed by atoms with Gasteiger partial charge in [-0.05, 0) is 38.1 Å². The quantitative estimate of drug-likeness (QED) is 0.853. The highest BCUT2D eigenvalue weighted by atomic mass is 19.4. The molecule has 1 N–H and O–H groups in total. The third-order valence-corrected chi connectivity index (χ3v) is 2.69. The Morgan fingerprint density at radius 3 is 2.16 bits per heavy atom. The number of halogens is 3. The summed E-state index contributed by atoms with van der Waals surface area (Å²) in [6.45, 7) is 6.97. The smallest absolute Gasteiger partial charge is 0.377 e. The van der Waals surface area contributed by atoms with E-state index in [2.05, 4.69) is 5.32 Å². The van der Waals surface area contributed by atoms with E-state index < -0.39 is 11.7 Å². The minimum atomic E-state index is -4.29. The molecule has 0 fully saturated rings. The fraction of sp³-hybridized carbons (Fsp3) is 0.571. The summed E-state index contributed by atoms with van der Waals surface area (Å²) in [6, 6.07) is 5.12. The Bertz CT molecular complexity index is 373. The summed E-state index contributed by atoms with van der Waals surface area (Å²) in [5.41, 5.74) is 0.173. The fourth-order valence-electron chi connectivity index (χ4n) is 1.71. The van der Waals surface area contributed by atoms with Gasteiger partial charge < -0.3 is 10.1 Å². The van der Waals surface area contributed by atoms with Crippen LogP contribution in [0, 0.1) is 0 Å². The third kappa shape index (κ3) is 5.20. The molecule has 1 rings (SSSR count). The van der Waals surface area contributed by atoms with Gasteiger partial charge in [-0.2, -0.15) is 13.2 Å². The van der Waals surface area contributed by atoms with Crippen molar-refractivity contribution in [3.05, 3.63) is 35.4 Å². The molecule has 2 nitrogen and oxygen atoms in total. The van der Waals surface area contributed by atoms with Gasteiger partial charge in [-0.3, -0.25) is 0 Å². The molecule has 1 aromatic carbocycles. The van der Waals surface area contributed by atoms with Crippen molar-refractivity contribution in [3.8, 4) is 0 Å². The Hall–Kier alpha value is -1.07. The minimum absolute atomic E-state index is 0.0883. The molecule has 0 aromatic heterocycles. The molecule has 0 saturated carbocycles. The lowest BCUT2D eigenvalue weighted by Crippen LogP contribution is -2.26. The molecule has 0 aliphatic rings. The standard InChI is InChI=1S/C14H20F3NO/c1-4-18-13(9-19-10(2)3)11-5-7-12(8-6-11)14(15,16)17/h5-8,10,13,18H,4,9H2,1-3H3. The largest absolute Gasteiger partial charge is 0.416 e. The zero-order valence-corrected chi connectivity index (χ0v) is 11.4. The lowest BCUT2D eigenvalue weighted by Gasteiger charge is -2.20. The van der Waals surface area contributed by atoms with Crippen molar-refractivity contribution < 1.29 is 17.9 Å². The molecule has 0 heterocycles. The Kier molecular flexibility index (Phi) is 5.82. The monoisotopic (exact) mass is 275 g/mol. The first-order valence-electron chi connectivity index (χ1n) is 6.36. The average molecular weight is 275 g/mol. The normalized spacial score (nSPS) is 13.8. The first-order valence-corrected chi connectivity index (χ1v) is 6.36. The molecule has 1 aromatic rings. The number of alkyl halides is 3. The van der Waals surface area contributed by atoms with Crippen molar-refractivity contribution in [1.82, 2.24) is 5.32 Å². The Labute approximate surface area is 112 Å². The molecule has 0 saturated heterocycles. The van der Waals surface area contributed by atoms with E-state index in [1.54, 1.807) is 0 Å². The van der Waals surface area contributed by atoms with E-state index in [0.717, 1.165) is 24.2 Å². The molecule has 1 unspecified atom stereocenters. The summed E-state index contributed by atoms with van der Waals surface area (Å²) in [7, 11) is 0. The fourth-order valence-corrected chi connectivity index (χ4v) is 1.71. The molecule has 0 amide bonds. The van der Waals surface area contributed by atoms with Gasteiger partial charge in [0.25, 0.3) is 0 Å². The first-order chi connectivity index (χ1) is 8.84. The van der Waals surface area contributed by atoms with Crippen LogP contribution in [0.5, 0.6) is 0 Å². The van der Waals surface area contributed by atoms with Crippen LogP contribution in [-0.4, -0.2) is 19.3 Å². The van der Waals surface area contributed by atoms with Crippen LogP contribution in [0.4, 0.5) is 13.2 Å². The van der Waals surface area contributed by atoms with Crippen molar-refractivity contribution in [3.63, 3.8) is 0 Å². The second-order valence-corrected chi connectivity index (χ2v) is 4.61. The van der Waals surface area contributed by atoms with Gasteiger partial charge in [0.2, 0.25) is 0 Å². The number of hydrogen-bond acceptors (Lipinski definition) is 2. The van der Waals surface area contributed by atoms with Gasteiger partial charge >= 0.3 is 6.18 Å². The lowest BCUT2D eigenvalue weighted by atomic mass is 10.0. The van der Waals surface area contributed by atoms with Crippen LogP contribution in [0.3, 0.4) is 0 Å². The van der Waals surface area contributed by atoms with Crippen molar-refractivity contribution in [2.24, 2.45) is 0 Å². The van der Waals surface area contributed by atoms with Gasteiger partial charge in [-0.25, -0.2) is 0 Å². The molecular formula is C14H20F3NO. The molecule has 0 bridgehead atoms. The van der Waals surface area contributed by atoms with Crippen molar-refractivity contribution >= 4 is 0 Å². The van der Waals surface area contributed by atoms with Crippen molar-refractivity contribution in [2.45, 2.75) is 39.1 Å². The molecule has 0 aliphatic heterocycles. The number of benzene rings is 1. The van der Waals surface area contributed by atoms with E-state index in [-0.39, 0.29) is 12.1 Å². The minimum Gasteiger partial charge on any atom is -0.377 e. The third-order valence-electron chi connectivity index (χ3n) is 2.69. The summed E-state index contributed by atoms with van der Waals surface area (Å²) in [4.78, 5) is 0. The Balaban J connectivity index is 2.79. The van der Waals surface area contributed by atoms with Crippen molar-refractivity contribution in [2.75, 3.05) is 13.2 Å². The zero-order chi connectivity index (χ0) is 14.5. The number of likely N-dealkylation sites (N-methyl/N-ethyl adjacent to an activating group) is 1. The molecule has 0 radical (unpaired) electrons. The maximum absolute atomic E-state index is 12.5. The maximum atomic E-state index is 12.5. The predicted molar refractivity (Wildman–Crippen MR) is 68.9 cm³/mol. The number of ether oxygens (including phenoxy) is 1. The molecule has 0 aliphatic carbocycles. The molecule has 0 spiro atoms. The van der Waals surface area contributed by atoms with Crippen LogP contribution in [0.15, 0.2) is 24.3 Å². The molecule has 1 atom stereocenters. The van der Waals surface area contributed by atoms with Crippen molar-refractivity contribution in [1.29, 1.82) is 0 Å². The van der Waals surface area contributed by atoms with Gasteiger partial charge in [-0.1, -0.05) is 19.1 Å². The van der Waals surface area contributed by atoms with E-state index >= 15 is 0 Å². The van der Waals surface area contributed by atoms with E-state index in [1.807, 2.05) is 20.8 Å². The summed E-state index contributed by atoms with van der Waals surface area (Å²) >= 11 is 0. The number of hydrogen-bond donors (Lipinski definition) is 1. The molecule has 108 valence electrons. The zero-order valence-electron chi connectivity index (χ0n) is 11.4.